The average molecular weight is 353 g/mol. The van der Waals surface area contributed by atoms with E-state index in [2.05, 4.69) is 6.58 Å². The van der Waals surface area contributed by atoms with Gasteiger partial charge in [0.15, 0.2) is 0 Å². The largest absolute Gasteiger partial charge is 0.489 e. The average Bonchev–Trinajstić information content (AvgIpc) is 2.59. The maximum atomic E-state index is 12.7. The summed E-state index contributed by atoms with van der Waals surface area (Å²) in [5, 5.41) is 0. The monoisotopic (exact) mass is 353 g/mol. The summed E-state index contributed by atoms with van der Waals surface area (Å²) in [5.74, 6) is 0.349. The van der Waals surface area contributed by atoms with E-state index in [1.165, 1.54) is 22.7 Å². The molecule has 24 heavy (non-hydrogen) atoms. The highest BCUT2D eigenvalue weighted by atomic mass is 32.2. The third-order valence-electron chi connectivity index (χ3n) is 3.79. The quantitative estimate of drug-likeness (QED) is 0.710. The zero-order valence-corrected chi connectivity index (χ0v) is 14.8. The van der Waals surface area contributed by atoms with Gasteiger partial charge >= 0.3 is 0 Å². The van der Waals surface area contributed by atoms with Gasteiger partial charge in [-0.2, -0.15) is 17.0 Å². The Hall–Kier alpha value is -1.90. The van der Waals surface area contributed by atoms with Crippen LogP contribution in [0.4, 0.5) is 0 Å². The minimum Gasteiger partial charge on any atom is -0.489 e. The highest BCUT2D eigenvalue weighted by Crippen LogP contribution is 2.21. The summed E-state index contributed by atoms with van der Waals surface area (Å²) >= 11 is 0. The second-order valence-electron chi connectivity index (χ2n) is 5.58. The van der Waals surface area contributed by atoms with E-state index in [9.17, 15) is 13.2 Å². The zero-order valence-electron chi connectivity index (χ0n) is 14.0. The summed E-state index contributed by atoms with van der Waals surface area (Å²) in [4.78, 5) is 14.4. The van der Waals surface area contributed by atoms with Crippen molar-refractivity contribution < 1.29 is 17.9 Å². The summed E-state index contributed by atoms with van der Waals surface area (Å²) in [7, 11) is -0.441. The predicted molar refractivity (Wildman–Crippen MR) is 92.2 cm³/mol. The van der Waals surface area contributed by atoms with Gasteiger partial charge in [0.1, 0.15) is 12.4 Å². The number of benzene rings is 1. The minimum atomic E-state index is -3.44. The smallest absolute Gasteiger partial charge is 0.281 e. The van der Waals surface area contributed by atoms with Gasteiger partial charge < -0.3 is 9.64 Å². The van der Waals surface area contributed by atoms with Gasteiger partial charge in [0.25, 0.3) is 16.1 Å². The summed E-state index contributed by atoms with van der Waals surface area (Å²) in [6.07, 6.45) is 1.62. The van der Waals surface area contributed by atoms with Crippen LogP contribution in [0.2, 0.25) is 0 Å². The van der Waals surface area contributed by atoms with Gasteiger partial charge in [-0.05, 0) is 12.1 Å². The van der Waals surface area contributed by atoms with Crippen molar-refractivity contribution in [3.05, 3.63) is 42.5 Å². The minimum absolute atomic E-state index is 0.156. The molecule has 0 atom stereocenters. The predicted octanol–water partition coefficient (Wildman–Crippen LogP) is 0.816. The van der Waals surface area contributed by atoms with E-state index in [1.807, 2.05) is 0 Å². The fourth-order valence-corrected chi connectivity index (χ4v) is 3.53. The van der Waals surface area contributed by atoms with Crippen molar-refractivity contribution in [1.29, 1.82) is 0 Å². The first-order valence-electron chi connectivity index (χ1n) is 7.67. The lowest BCUT2D eigenvalue weighted by molar-refractivity contribution is 0.0691. The fraction of sp³-hybridized carbons (Fsp3) is 0.438. The zero-order chi connectivity index (χ0) is 17.7. The standard InChI is InChI=1S/C16H23N3O4S/c1-4-13-23-15-8-6-5-7-14(15)16(20)18-9-11-19(12-10-18)24(21,22)17(2)3/h4-8H,1,9-13H2,2-3H3. The number of carbonyl (C=O) groups excluding carboxylic acids is 1. The van der Waals surface area contributed by atoms with Crippen LogP contribution >= 0.6 is 0 Å². The van der Waals surface area contributed by atoms with Gasteiger partial charge in [-0.25, -0.2) is 0 Å². The molecule has 1 heterocycles. The lowest BCUT2D eigenvalue weighted by atomic mass is 10.1. The Kier molecular flexibility index (Phi) is 5.98. The van der Waals surface area contributed by atoms with Crippen LogP contribution in [-0.4, -0.2) is 74.7 Å². The number of rotatable bonds is 6. The van der Waals surface area contributed by atoms with Crippen molar-refractivity contribution in [3.63, 3.8) is 0 Å². The Morgan fingerprint density at radius 3 is 2.46 bits per heavy atom. The number of ether oxygens (including phenoxy) is 1. The molecule has 0 N–H and O–H groups in total. The molecule has 1 saturated heterocycles. The Balaban J connectivity index is 2.07. The van der Waals surface area contributed by atoms with Crippen LogP contribution in [0.1, 0.15) is 10.4 Å². The molecule has 0 aliphatic carbocycles. The van der Waals surface area contributed by atoms with E-state index in [0.717, 1.165) is 0 Å². The van der Waals surface area contributed by atoms with Crippen LogP contribution in [0.3, 0.4) is 0 Å². The van der Waals surface area contributed by atoms with Crippen LogP contribution in [-0.2, 0) is 10.2 Å². The van der Waals surface area contributed by atoms with Crippen molar-refractivity contribution in [3.8, 4) is 5.75 Å². The third kappa shape index (κ3) is 3.95. The van der Waals surface area contributed by atoms with Crippen LogP contribution < -0.4 is 4.74 Å². The van der Waals surface area contributed by atoms with Gasteiger partial charge in [0, 0.05) is 40.3 Å². The van der Waals surface area contributed by atoms with Gasteiger partial charge in [-0.3, -0.25) is 4.79 Å². The summed E-state index contributed by atoms with van der Waals surface area (Å²) in [6, 6.07) is 7.03. The van der Waals surface area contributed by atoms with Crippen molar-refractivity contribution >= 4 is 16.1 Å². The number of piperazine rings is 1. The van der Waals surface area contributed by atoms with Crippen molar-refractivity contribution in [1.82, 2.24) is 13.5 Å². The molecule has 0 radical (unpaired) electrons. The highest BCUT2D eigenvalue weighted by molar-refractivity contribution is 7.86. The van der Waals surface area contributed by atoms with E-state index in [1.54, 1.807) is 35.2 Å². The van der Waals surface area contributed by atoms with Gasteiger partial charge in [-0.1, -0.05) is 24.8 Å². The number of hydrogen-bond donors (Lipinski definition) is 0. The molecule has 1 aromatic carbocycles. The lowest BCUT2D eigenvalue weighted by Gasteiger charge is -2.35. The lowest BCUT2D eigenvalue weighted by Crippen LogP contribution is -2.53. The first-order chi connectivity index (χ1) is 11.4. The van der Waals surface area contributed by atoms with Crippen LogP contribution in [0.25, 0.3) is 0 Å². The summed E-state index contributed by atoms with van der Waals surface area (Å²) < 4.78 is 32.3. The molecular weight excluding hydrogens is 330 g/mol. The first kappa shape index (κ1) is 18.4. The number of nitrogens with zero attached hydrogens (tertiary/aromatic N) is 3. The first-order valence-corrected chi connectivity index (χ1v) is 9.07. The normalized spacial score (nSPS) is 16.2. The fourth-order valence-electron chi connectivity index (χ4n) is 2.44. The number of hydrogen-bond acceptors (Lipinski definition) is 4. The number of para-hydroxylation sites is 1. The molecule has 1 aliphatic heterocycles. The Morgan fingerprint density at radius 2 is 1.88 bits per heavy atom. The van der Waals surface area contributed by atoms with Crippen LogP contribution in [0, 0.1) is 0 Å². The molecule has 0 aromatic heterocycles. The molecular formula is C16H23N3O4S. The van der Waals surface area contributed by atoms with Gasteiger partial charge in [-0.15, -0.1) is 0 Å². The third-order valence-corrected chi connectivity index (χ3v) is 5.73. The van der Waals surface area contributed by atoms with Crippen LogP contribution in [0.15, 0.2) is 36.9 Å². The van der Waals surface area contributed by atoms with E-state index in [-0.39, 0.29) is 19.0 Å². The van der Waals surface area contributed by atoms with E-state index in [4.69, 9.17) is 4.74 Å². The van der Waals surface area contributed by atoms with Crippen molar-refractivity contribution in [2.75, 3.05) is 46.9 Å². The Labute approximate surface area is 143 Å². The molecule has 8 heteroatoms. The number of carbonyl (C=O) groups is 1. The molecule has 1 aromatic rings. The van der Waals surface area contributed by atoms with Gasteiger partial charge in [0.2, 0.25) is 0 Å². The Morgan fingerprint density at radius 1 is 1.25 bits per heavy atom. The molecule has 1 aliphatic rings. The van der Waals surface area contributed by atoms with Crippen molar-refractivity contribution in [2.45, 2.75) is 0 Å². The molecule has 0 saturated carbocycles. The molecule has 0 spiro atoms. The maximum Gasteiger partial charge on any atom is 0.281 e. The van der Waals surface area contributed by atoms with Crippen LogP contribution in [0.5, 0.6) is 5.75 Å². The molecule has 1 amide bonds. The second kappa shape index (κ2) is 7.78. The molecule has 7 nitrogen and oxygen atoms in total. The summed E-state index contributed by atoms with van der Waals surface area (Å²) in [5.41, 5.74) is 0.475. The maximum absolute atomic E-state index is 12.7. The Bertz CT molecular complexity index is 695. The van der Waals surface area contributed by atoms with Gasteiger partial charge in [0.05, 0.1) is 5.56 Å². The van der Waals surface area contributed by atoms with Crippen molar-refractivity contribution in [2.24, 2.45) is 0 Å². The molecule has 2 rings (SSSR count). The topological polar surface area (TPSA) is 70.2 Å². The summed E-state index contributed by atoms with van der Waals surface area (Å²) in [6.45, 7) is 5.17. The van der Waals surface area contributed by atoms with E-state index < -0.39 is 10.2 Å². The molecule has 1 fully saturated rings. The molecule has 0 bridgehead atoms. The molecule has 132 valence electrons. The van der Waals surface area contributed by atoms with E-state index in [0.29, 0.717) is 31.0 Å². The SMILES string of the molecule is C=CCOc1ccccc1C(=O)N1CCN(S(=O)(=O)N(C)C)CC1. The second-order valence-corrected chi connectivity index (χ2v) is 7.72. The van der Waals surface area contributed by atoms with E-state index >= 15 is 0 Å². The number of amides is 1. The molecule has 0 unspecified atom stereocenters. The highest BCUT2D eigenvalue weighted by Gasteiger charge is 2.31.